The van der Waals surface area contributed by atoms with Crippen LogP contribution < -0.4 is 21.3 Å². The molecule has 1 heterocycles. The Morgan fingerprint density at radius 2 is 1.69 bits per heavy atom. The van der Waals surface area contributed by atoms with E-state index in [9.17, 15) is 9.59 Å². The van der Waals surface area contributed by atoms with Crippen LogP contribution in [-0.4, -0.2) is 23.3 Å². The molecule has 4 N–H and O–H groups in total. The van der Waals surface area contributed by atoms with Crippen LogP contribution in [0.1, 0.15) is 36.4 Å². The van der Waals surface area contributed by atoms with Crippen LogP contribution >= 0.6 is 0 Å². The molecule has 0 saturated heterocycles. The van der Waals surface area contributed by atoms with E-state index in [1.165, 1.54) is 0 Å². The molecule has 0 unspecified atom stereocenters. The highest BCUT2D eigenvalue weighted by atomic mass is 16.5. The molecular formula is C18H25N5O3. The Kier molecular flexibility index (Phi) is 6.60. The van der Waals surface area contributed by atoms with Crippen LogP contribution in [-0.2, 0) is 13.1 Å². The van der Waals surface area contributed by atoms with E-state index in [-0.39, 0.29) is 18.1 Å². The van der Waals surface area contributed by atoms with Crippen LogP contribution in [0.3, 0.4) is 0 Å². The van der Waals surface area contributed by atoms with Gasteiger partial charge in [0.05, 0.1) is 5.69 Å². The second-order valence-electron chi connectivity index (χ2n) is 6.29. The summed E-state index contributed by atoms with van der Waals surface area (Å²) in [5.41, 5.74) is 3.27. The summed E-state index contributed by atoms with van der Waals surface area (Å²) in [5, 5.41) is 14.9. The molecule has 0 saturated carbocycles. The van der Waals surface area contributed by atoms with E-state index in [0.717, 1.165) is 16.8 Å². The minimum absolute atomic E-state index is 0.0717. The third-order valence-corrected chi connectivity index (χ3v) is 3.69. The Labute approximate surface area is 152 Å². The van der Waals surface area contributed by atoms with Gasteiger partial charge in [-0.25, -0.2) is 9.59 Å². The molecule has 0 atom stereocenters. The Bertz CT molecular complexity index is 733. The van der Waals surface area contributed by atoms with Crippen LogP contribution in [0.5, 0.6) is 0 Å². The highest BCUT2D eigenvalue weighted by molar-refractivity contribution is 5.89. The topological polar surface area (TPSA) is 108 Å². The van der Waals surface area contributed by atoms with Gasteiger partial charge in [-0.15, -0.1) is 0 Å². The molecule has 4 amide bonds. The number of benzene rings is 1. The molecule has 140 valence electrons. The summed E-state index contributed by atoms with van der Waals surface area (Å²) in [5.74, 6) is 0.701. The second kappa shape index (κ2) is 8.89. The smallest absolute Gasteiger partial charge is 0.319 e. The fraction of sp³-hybridized carbons (Fsp3) is 0.389. The predicted octanol–water partition coefficient (Wildman–Crippen LogP) is 2.82. The van der Waals surface area contributed by atoms with E-state index in [1.807, 2.05) is 39.8 Å². The van der Waals surface area contributed by atoms with Gasteiger partial charge in [-0.2, -0.15) is 0 Å². The number of nitrogens with one attached hydrogen (secondary N) is 4. The summed E-state index contributed by atoms with van der Waals surface area (Å²) >= 11 is 0. The summed E-state index contributed by atoms with van der Waals surface area (Å²) in [6.07, 6.45) is 0. The average molecular weight is 359 g/mol. The standard InChI is InChI=1S/C18H25N5O3/c1-11(2)21-18(25)22-15-7-5-14(6-8-15)9-19-17(24)20-10-16-12(3)23-26-13(16)4/h5-8,11H,9-10H2,1-4H3,(H2,19,20,24)(H2,21,22,25). The number of rotatable bonds is 6. The normalized spacial score (nSPS) is 10.5. The second-order valence-corrected chi connectivity index (χ2v) is 6.29. The highest BCUT2D eigenvalue weighted by Gasteiger charge is 2.10. The lowest BCUT2D eigenvalue weighted by Gasteiger charge is -2.11. The number of carbonyl (C=O) groups excluding carboxylic acids is 2. The molecule has 1 aromatic heterocycles. The minimum Gasteiger partial charge on any atom is -0.361 e. The van der Waals surface area contributed by atoms with E-state index >= 15 is 0 Å². The number of nitrogens with zero attached hydrogens (tertiary/aromatic N) is 1. The van der Waals surface area contributed by atoms with Gasteiger partial charge < -0.3 is 25.8 Å². The van der Waals surface area contributed by atoms with E-state index in [2.05, 4.69) is 26.4 Å². The minimum atomic E-state index is -0.275. The maximum atomic E-state index is 11.9. The van der Waals surface area contributed by atoms with Crippen LogP contribution in [0, 0.1) is 13.8 Å². The Hall–Kier alpha value is -3.03. The molecule has 0 aliphatic rings. The summed E-state index contributed by atoms with van der Waals surface area (Å²) in [6, 6.07) is 6.83. The number of hydrogen-bond donors (Lipinski definition) is 4. The zero-order valence-electron chi connectivity index (χ0n) is 15.5. The summed E-state index contributed by atoms with van der Waals surface area (Å²) in [7, 11) is 0. The van der Waals surface area contributed by atoms with Gasteiger partial charge in [0.2, 0.25) is 0 Å². The van der Waals surface area contributed by atoms with Gasteiger partial charge in [0.25, 0.3) is 0 Å². The largest absolute Gasteiger partial charge is 0.361 e. The number of carbonyl (C=O) groups is 2. The van der Waals surface area contributed by atoms with Crippen molar-refractivity contribution in [2.75, 3.05) is 5.32 Å². The van der Waals surface area contributed by atoms with Crippen molar-refractivity contribution < 1.29 is 14.1 Å². The first kappa shape index (κ1) is 19.3. The summed E-state index contributed by atoms with van der Waals surface area (Å²) in [6.45, 7) is 8.18. The first-order chi connectivity index (χ1) is 12.3. The molecule has 8 nitrogen and oxygen atoms in total. The first-order valence-electron chi connectivity index (χ1n) is 8.45. The maximum absolute atomic E-state index is 11.9. The van der Waals surface area contributed by atoms with Crippen LogP contribution in [0.2, 0.25) is 0 Å². The average Bonchev–Trinajstić information content (AvgIpc) is 2.90. The fourth-order valence-corrected chi connectivity index (χ4v) is 2.30. The molecule has 0 radical (unpaired) electrons. The van der Waals surface area contributed by atoms with Crippen molar-refractivity contribution in [3.8, 4) is 0 Å². The fourth-order valence-electron chi connectivity index (χ4n) is 2.30. The monoisotopic (exact) mass is 359 g/mol. The van der Waals surface area contributed by atoms with Gasteiger partial charge in [-0.05, 0) is 45.4 Å². The van der Waals surface area contributed by atoms with Gasteiger partial charge in [0.1, 0.15) is 5.76 Å². The molecule has 0 aliphatic carbocycles. The van der Waals surface area contributed by atoms with Gasteiger partial charge in [0.15, 0.2) is 0 Å². The predicted molar refractivity (Wildman–Crippen MR) is 98.8 cm³/mol. The van der Waals surface area contributed by atoms with Crippen LogP contribution in [0.15, 0.2) is 28.8 Å². The lowest BCUT2D eigenvalue weighted by atomic mass is 10.2. The van der Waals surface area contributed by atoms with Crippen molar-refractivity contribution in [1.82, 2.24) is 21.1 Å². The number of anilines is 1. The molecule has 26 heavy (non-hydrogen) atoms. The SMILES string of the molecule is Cc1noc(C)c1CNC(=O)NCc1ccc(NC(=O)NC(C)C)cc1. The van der Waals surface area contributed by atoms with Crippen molar-refractivity contribution in [3.05, 3.63) is 46.8 Å². The zero-order chi connectivity index (χ0) is 19.1. The number of aryl methyl sites for hydroxylation is 2. The molecule has 2 rings (SSSR count). The number of urea groups is 2. The third kappa shape index (κ3) is 5.80. The van der Waals surface area contributed by atoms with Gasteiger partial charge in [0, 0.05) is 30.4 Å². The molecule has 0 fully saturated rings. The molecule has 2 aromatic rings. The van der Waals surface area contributed by atoms with Crippen LogP contribution in [0.25, 0.3) is 0 Å². The summed E-state index contributed by atoms with van der Waals surface area (Å²) < 4.78 is 5.06. The van der Waals surface area contributed by atoms with E-state index in [1.54, 1.807) is 12.1 Å². The number of hydrogen-bond acceptors (Lipinski definition) is 4. The lowest BCUT2D eigenvalue weighted by molar-refractivity contribution is 0.240. The van der Waals surface area contributed by atoms with Crippen molar-refractivity contribution in [2.24, 2.45) is 0 Å². The van der Waals surface area contributed by atoms with E-state index < -0.39 is 0 Å². The van der Waals surface area contributed by atoms with Gasteiger partial charge in [-0.1, -0.05) is 17.3 Å². The molecule has 0 aliphatic heterocycles. The van der Waals surface area contributed by atoms with E-state index in [4.69, 9.17) is 4.52 Å². The third-order valence-electron chi connectivity index (χ3n) is 3.69. The first-order valence-corrected chi connectivity index (χ1v) is 8.45. The van der Waals surface area contributed by atoms with Crippen LogP contribution in [0.4, 0.5) is 15.3 Å². The van der Waals surface area contributed by atoms with Crippen molar-refractivity contribution >= 4 is 17.7 Å². The van der Waals surface area contributed by atoms with Crippen molar-refractivity contribution in [2.45, 2.75) is 46.8 Å². The quantitative estimate of drug-likeness (QED) is 0.636. The Morgan fingerprint density at radius 1 is 1.04 bits per heavy atom. The molecule has 0 spiro atoms. The number of aromatic nitrogens is 1. The molecular weight excluding hydrogens is 334 g/mol. The maximum Gasteiger partial charge on any atom is 0.319 e. The molecule has 8 heteroatoms. The van der Waals surface area contributed by atoms with E-state index in [0.29, 0.717) is 24.5 Å². The molecule has 1 aromatic carbocycles. The highest BCUT2D eigenvalue weighted by Crippen LogP contribution is 2.11. The zero-order valence-corrected chi connectivity index (χ0v) is 15.5. The lowest BCUT2D eigenvalue weighted by Crippen LogP contribution is -2.35. The van der Waals surface area contributed by atoms with Crippen molar-refractivity contribution in [3.63, 3.8) is 0 Å². The Balaban J connectivity index is 1.76. The van der Waals surface area contributed by atoms with Gasteiger partial charge >= 0.3 is 12.1 Å². The van der Waals surface area contributed by atoms with Crippen molar-refractivity contribution in [1.29, 1.82) is 0 Å². The van der Waals surface area contributed by atoms with Gasteiger partial charge in [-0.3, -0.25) is 0 Å². The Morgan fingerprint density at radius 3 is 2.27 bits per heavy atom. The molecule has 0 bridgehead atoms. The number of amides is 4. The summed E-state index contributed by atoms with van der Waals surface area (Å²) in [4.78, 5) is 23.6.